The summed E-state index contributed by atoms with van der Waals surface area (Å²) < 4.78 is 45.4. The Morgan fingerprint density at radius 1 is 1.29 bits per heavy atom. The molecule has 4 aromatic rings. The first-order valence-corrected chi connectivity index (χ1v) is 11.1. The van der Waals surface area contributed by atoms with Gasteiger partial charge in [0.15, 0.2) is 5.69 Å². The molecular weight excluding hydrogens is 507 g/mol. The lowest BCUT2D eigenvalue weighted by molar-refractivity contribution is -0.142. The van der Waals surface area contributed by atoms with Gasteiger partial charge in [-0.05, 0) is 17.2 Å². The number of nitrogens with zero attached hydrogens (tertiary/aromatic N) is 6. The van der Waals surface area contributed by atoms with E-state index in [0.29, 0.717) is 11.1 Å². The lowest BCUT2D eigenvalue weighted by atomic mass is 9.80. The molecule has 14 heteroatoms. The van der Waals surface area contributed by atoms with E-state index in [1.54, 1.807) is 31.2 Å². The lowest BCUT2D eigenvalue weighted by Gasteiger charge is -2.26. The molecule has 0 saturated carbocycles. The fourth-order valence-corrected chi connectivity index (χ4v) is 4.20. The number of anilines is 1. The number of aromatic hydroxyl groups is 1. The van der Waals surface area contributed by atoms with E-state index in [-0.39, 0.29) is 17.1 Å². The van der Waals surface area contributed by atoms with Crippen LogP contribution in [0.2, 0.25) is 0 Å². The van der Waals surface area contributed by atoms with Gasteiger partial charge in [0.25, 0.3) is 11.5 Å². The monoisotopic (exact) mass is 527 g/mol. The minimum Gasteiger partial charge on any atom is -0.501 e. The van der Waals surface area contributed by atoms with Gasteiger partial charge < -0.3 is 14.9 Å². The zero-order valence-corrected chi connectivity index (χ0v) is 20.0. The van der Waals surface area contributed by atoms with Crippen molar-refractivity contribution in [2.75, 3.05) is 5.32 Å². The van der Waals surface area contributed by atoms with Crippen molar-refractivity contribution in [3.8, 4) is 11.8 Å². The van der Waals surface area contributed by atoms with E-state index in [1.165, 1.54) is 25.6 Å². The van der Waals surface area contributed by atoms with Crippen molar-refractivity contribution < 1.29 is 27.6 Å². The molecule has 196 valence electrons. The topological polar surface area (TPSA) is 152 Å². The highest BCUT2D eigenvalue weighted by Gasteiger charge is 2.33. The van der Waals surface area contributed by atoms with Crippen molar-refractivity contribution in [3.05, 3.63) is 87.7 Å². The Balaban J connectivity index is 1.84. The number of carbonyl (C=O) groups excluding carboxylic acids is 1. The minimum absolute atomic E-state index is 0.0320. The van der Waals surface area contributed by atoms with E-state index in [0.717, 1.165) is 15.5 Å². The number of carbonyl (C=O) groups is 1. The summed E-state index contributed by atoms with van der Waals surface area (Å²) in [6.07, 6.45) is 0.282. The normalized spacial score (nSPS) is 13.1. The van der Waals surface area contributed by atoms with Gasteiger partial charge in [-0.1, -0.05) is 30.3 Å². The number of hydrogen-bond donors (Lipinski definition) is 2. The average Bonchev–Trinajstić information content (AvgIpc) is 3.54. The fraction of sp³-hybridized carbons (Fsp3) is 0.250. The van der Waals surface area contributed by atoms with Gasteiger partial charge in [-0.15, -0.1) is 0 Å². The summed E-state index contributed by atoms with van der Waals surface area (Å²) in [5.41, 5.74) is -0.311. The maximum atomic E-state index is 13.0. The minimum atomic E-state index is -4.51. The number of halogens is 3. The molecule has 3 heterocycles. The highest BCUT2D eigenvalue weighted by atomic mass is 19.4. The van der Waals surface area contributed by atoms with E-state index < -0.39 is 47.5 Å². The van der Waals surface area contributed by atoms with Crippen LogP contribution in [0.15, 0.2) is 58.4 Å². The number of amides is 1. The predicted octanol–water partition coefficient (Wildman–Crippen LogP) is 3.29. The summed E-state index contributed by atoms with van der Waals surface area (Å²) in [4.78, 5) is 29.9. The van der Waals surface area contributed by atoms with Crippen LogP contribution in [0, 0.1) is 11.3 Å². The highest BCUT2D eigenvalue weighted by molar-refractivity contribution is 6.04. The summed E-state index contributed by atoms with van der Waals surface area (Å²) in [6, 6.07) is 8.56. The van der Waals surface area contributed by atoms with Crippen molar-refractivity contribution in [1.82, 2.24) is 24.5 Å². The molecule has 0 aliphatic heterocycles. The van der Waals surface area contributed by atoms with Gasteiger partial charge in [-0.3, -0.25) is 18.8 Å². The number of benzene rings is 1. The number of alkyl halides is 3. The van der Waals surface area contributed by atoms with Crippen LogP contribution in [-0.2, 0) is 13.6 Å². The van der Waals surface area contributed by atoms with Gasteiger partial charge in [0.05, 0.1) is 24.0 Å². The summed E-state index contributed by atoms with van der Waals surface area (Å²) >= 11 is 0. The Morgan fingerprint density at radius 2 is 2.03 bits per heavy atom. The van der Waals surface area contributed by atoms with E-state index in [4.69, 9.17) is 0 Å². The first-order chi connectivity index (χ1) is 18.0. The molecule has 1 aromatic carbocycles. The van der Waals surface area contributed by atoms with Crippen molar-refractivity contribution in [2.24, 2.45) is 7.05 Å². The summed E-state index contributed by atoms with van der Waals surface area (Å²) in [5.74, 6) is -3.37. The van der Waals surface area contributed by atoms with Crippen molar-refractivity contribution in [1.29, 1.82) is 5.26 Å². The second kappa shape index (κ2) is 10.2. The maximum Gasteiger partial charge on any atom is 0.408 e. The molecule has 4 rings (SSSR count). The Kier molecular flexibility index (Phi) is 7.02. The van der Waals surface area contributed by atoms with Gasteiger partial charge in [-0.2, -0.15) is 23.5 Å². The molecule has 3 aromatic heterocycles. The molecule has 11 nitrogen and oxygen atoms in total. The van der Waals surface area contributed by atoms with Gasteiger partial charge in [0.1, 0.15) is 24.3 Å². The number of hydrogen-bond acceptors (Lipinski definition) is 8. The van der Waals surface area contributed by atoms with Crippen LogP contribution in [0.3, 0.4) is 0 Å². The molecule has 2 N–H and O–H groups in total. The molecule has 0 aliphatic rings. The summed E-state index contributed by atoms with van der Waals surface area (Å²) in [7, 11) is 1.34. The molecule has 0 spiro atoms. The molecule has 0 fully saturated rings. The lowest BCUT2D eigenvalue weighted by Crippen LogP contribution is -2.29. The molecular formula is C24H20F3N7O4. The third kappa shape index (κ3) is 5.26. The van der Waals surface area contributed by atoms with Crippen LogP contribution >= 0.6 is 0 Å². The molecule has 0 aliphatic carbocycles. The molecule has 0 saturated heterocycles. The van der Waals surface area contributed by atoms with Crippen LogP contribution in [0.25, 0.3) is 0 Å². The van der Waals surface area contributed by atoms with Crippen LogP contribution in [0.1, 0.15) is 51.8 Å². The summed E-state index contributed by atoms with van der Waals surface area (Å²) in [6.45, 7) is 0.317. The quantitative estimate of drug-likeness (QED) is 0.371. The molecule has 0 bridgehead atoms. The van der Waals surface area contributed by atoms with E-state index in [9.17, 15) is 33.1 Å². The molecule has 2 atom stereocenters. The summed E-state index contributed by atoms with van der Waals surface area (Å²) in [5, 5.41) is 29.8. The van der Waals surface area contributed by atoms with Gasteiger partial charge in [0.2, 0.25) is 5.75 Å². The first-order valence-electron chi connectivity index (χ1n) is 11.1. The predicted molar refractivity (Wildman–Crippen MR) is 125 cm³/mol. The van der Waals surface area contributed by atoms with Crippen molar-refractivity contribution in [3.63, 3.8) is 0 Å². The van der Waals surface area contributed by atoms with E-state index in [2.05, 4.69) is 31.1 Å². The third-order valence-electron chi connectivity index (χ3n) is 5.88. The van der Waals surface area contributed by atoms with Crippen LogP contribution in [-0.4, -0.2) is 41.7 Å². The molecule has 0 unspecified atom stereocenters. The SMILES string of the molecule is C[C@@H](c1nc(C(=O)Nc2cnoc2)c(O)c(=O)n1C)[C@H](c1cnn(CC(F)(F)F)c1)c1ccccc1C#N. The first kappa shape index (κ1) is 26.1. The third-order valence-corrected chi connectivity index (χ3v) is 5.88. The molecule has 0 radical (unpaired) electrons. The standard InChI is InChI=1S/C24H20F3N7O4/c1-13(21-32-19(20(35)23(37)33(21)2)22(36)31-16-9-30-38-11-16)18(17-6-4-3-5-14(17)7-28)15-8-29-34(10-15)12-24(25,26)27/h3-6,8-11,13,18,35H,12H2,1-2H3,(H,31,36)/t13-,18-/m1/s1. The van der Waals surface area contributed by atoms with Crippen LogP contribution in [0.4, 0.5) is 18.9 Å². The average molecular weight is 527 g/mol. The Morgan fingerprint density at radius 3 is 2.68 bits per heavy atom. The zero-order valence-electron chi connectivity index (χ0n) is 20.0. The van der Waals surface area contributed by atoms with Gasteiger partial charge in [0, 0.05) is 25.1 Å². The van der Waals surface area contributed by atoms with E-state index >= 15 is 0 Å². The Hall–Kier alpha value is -4.93. The maximum absolute atomic E-state index is 13.0. The molecule has 1 amide bonds. The van der Waals surface area contributed by atoms with Gasteiger partial charge in [-0.25, -0.2) is 4.98 Å². The number of rotatable bonds is 7. The fourth-order valence-electron chi connectivity index (χ4n) is 4.20. The highest BCUT2D eigenvalue weighted by Crippen LogP contribution is 2.39. The van der Waals surface area contributed by atoms with Crippen LogP contribution < -0.4 is 10.9 Å². The zero-order chi connectivity index (χ0) is 27.6. The number of nitrogens with one attached hydrogen (secondary N) is 1. The Bertz CT molecular complexity index is 1570. The Labute approximate surface area is 212 Å². The van der Waals surface area contributed by atoms with Crippen molar-refractivity contribution >= 4 is 11.6 Å². The number of aromatic nitrogens is 5. The molecule has 38 heavy (non-hydrogen) atoms. The van der Waals surface area contributed by atoms with Gasteiger partial charge >= 0.3 is 6.18 Å². The second-order valence-corrected chi connectivity index (χ2v) is 8.45. The second-order valence-electron chi connectivity index (χ2n) is 8.45. The smallest absolute Gasteiger partial charge is 0.408 e. The van der Waals surface area contributed by atoms with E-state index in [1.807, 2.05) is 0 Å². The number of nitriles is 1. The largest absolute Gasteiger partial charge is 0.501 e. The van der Waals surface area contributed by atoms with Crippen molar-refractivity contribution in [2.45, 2.75) is 31.5 Å². The van der Waals surface area contributed by atoms with Crippen LogP contribution in [0.5, 0.6) is 5.75 Å².